The lowest BCUT2D eigenvalue weighted by Gasteiger charge is -2.33. The average molecular weight is 498 g/mol. The molecule has 1 atom stereocenters. The Morgan fingerprint density at radius 2 is 1.76 bits per heavy atom. The van der Waals surface area contributed by atoms with Crippen LogP contribution in [0.25, 0.3) is 11.5 Å². The van der Waals surface area contributed by atoms with Gasteiger partial charge in [-0.25, -0.2) is 19.9 Å². The highest BCUT2D eigenvalue weighted by Crippen LogP contribution is 2.22. The Morgan fingerprint density at radius 3 is 2.54 bits per heavy atom. The molecule has 0 bridgehead atoms. The van der Waals surface area contributed by atoms with Crippen molar-refractivity contribution in [2.45, 2.75) is 13.0 Å². The molecule has 11 heteroatoms. The van der Waals surface area contributed by atoms with Crippen molar-refractivity contribution in [1.29, 1.82) is 0 Å². The molecule has 0 amide bonds. The van der Waals surface area contributed by atoms with E-state index >= 15 is 0 Å². The number of pyridine rings is 1. The van der Waals surface area contributed by atoms with E-state index in [4.69, 9.17) is 4.74 Å². The van der Waals surface area contributed by atoms with Crippen LogP contribution in [-0.4, -0.2) is 63.7 Å². The average Bonchev–Trinajstić information content (AvgIpc) is 2.93. The largest absolute Gasteiger partial charge is 0.468 e. The highest BCUT2D eigenvalue weighted by molar-refractivity contribution is 5.77. The molecule has 1 aromatic carbocycles. The first kappa shape index (κ1) is 24.1. The SMILES string of the molecule is COC(=O)[C@H]1CN(c2ccc(Nc3nccc(Nc4ccnc(-c5cccc(C)n5)n4)n3)cc2)CCN1. The van der Waals surface area contributed by atoms with Crippen LogP contribution in [0.4, 0.5) is 29.0 Å². The van der Waals surface area contributed by atoms with Crippen LogP contribution < -0.4 is 20.9 Å². The fraction of sp³-hybridized carbons (Fsp3) is 0.231. The summed E-state index contributed by atoms with van der Waals surface area (Å²) in [5.74, 6) is 1.91. The van der Waals surface area contributed by atoms with Gasteiger partial charge >= 0.3 is 5.97 Å². The number of benzene rings is 1. The molecular formula is C26H27N9O2. The lowest BCUT2D eigenvalue weighted by atomic mass is 10.1. The first-order valence-electron chi connectivity index (χ1n) is 11.9. The third-order valence-electron chi connectivity index (χ3n) is 5.83. The molecule has 0 unspecified atom stereocenters. The zero-order chi connectivity index (χ0) is 25.6. The maximum Gasteiger partial charge on any atom is 0.324 e. The molecule has 0 spiro atoms. The normalized spacial score (nSPS) is 15.2. The summed E-state index contributed by atoms with van der Waals surface area (Å²) in [5.41, 5.74) is 3.48. The third-order valence-corrected chi connectivity index (χ3v) is 5.83. The molecule has 1 fully saturated rings. The summed E-state index contributed by atoms with van der Waals surface area (Å²) < 4.78 is 4.87. The van der Waals surface area contributed by atoms with Gasteiger partial charge in [-0.1, -0.05) is 6.07 Å². The number of nitrogens with zero attached hydrogens (tertiary/aromatic N) is 6. The summed E-state index contributed by atoms with van der Waals surface area (Å²) in [6.07, 6.45) is 3.35. The van der Waals surface area contributed by atoms with Crippen molar-refractivity contribution in [3.63, 3.8) is 0 Å². The van der Waals surface area contributed by atoms with Crippen molar-refractivity contribution >= 4 is 34.9 Å². The molecule has 11 nitrogen and oxygen atoms in total. The topological polar surface area (TPSA) is 130 Å². The lowest BCUT2D eigenvalue weighted by Crippen LogP contribution is -2.54. The van der Waals surface area contributed by atoms with Gasteiger partial charge in [0.15, 0.2) is 5.82 Å². The van der Waals surface area contributed by atoms with Gasteiger partial charge in [0.2, 0.25) is 5.95 Å². The van der Waals surface area contributed by atoms with Crippen molar-refractivity contribution in [3.05, 3.63) is 72.7 Å². The number of esters is 1. The molecule has 1 aliphatic rings. The molecular weight excluding hydrogens is 470 g/mol. The van der Waals surface area contributed by atoms with Gasteiger partial charge in [0.1, 0.15) is 23.4 Å². The van der Waals surface area contributed by atoms with Crippen molar-refractivity contribution < 1.29 is 9.53 Å². The number of aromatic nitrogens is 5. The van der Waals surface area contributed by atoms with Crippen molar-refractivity contribution in [3.8, 4) is 11.5 Å². The number of anilines is 5. The highest BCUT2D eigenvalue weighted by atomic mass is 16.5. The van der Waals surface area contributed by atoms with E-state index in [2.05, 4.69) is 45.8 Å². The van der Waals surface area contributed by atoms with Crippen molar-refractivity contribution in [1.82, 2.24) is 30.2 Å². The Balaban J connectivity index is 1.24. The second kappa shape index (κ2) is 11.0. The van der Waals surface area contributed by atoms with Crippen molar-refractivity contribution in [2.24, 2.45) is 0 Å². The second-order valence-electron chi connectivity index (χ2n) is 8.47. The second-order valence-corrected chi connectivity index (χ2v) is 8.47. The first-order valence-corrected chi connectivity index (χ1v) is 11.9. The first-order chi connectivity index (χ1) is 18.1. The molecule has 188 valence electrons. The molecule has 1 saturated heterocycles. The summed E-state index contributed by atoms with van der Waals surface area (Å²) in [6.45, 7) is 4.01. The lowest BCUT2D eigenvalue weighted by molar-refractivity contribution is -0.143. The molecule has 1 aliphatic heterocycles. The van der Waals surface area contributed by atoms with Gasteiger partial charge in [-0.2, -0.15) is 4.98 Å². The van der Waals surface area contributed by atoms with Gasteiger partial charge < -0.3 is 25.6 Å². The number of hydrogen-bond donors (Lipinski definition) is 3. The maximum absolute atomic E-state index is 11.9. The Kier molecular flexibility index (Phi) is 7.13. The van der Waals surface area contributed by atoms with Crippen molar-refractivity contribution in [2.75, 3.05) is 42.3 Å². The monoisotopic (exact) mass is 497 g/mol. The molecule has 3 aromatic heterocycles. The molecule has 0 radical (unpaired) electrons. The van der Waals surface area contributed by atoms with Crippen LogP contribution in [0.2, 0.25) is 0 Å². The Morgan fingerprint density at radius 1 is 0.973 bits per heavy atom. The van der Waals surface area contributed by atoms with Gasteiger partial charge in [-0.05, 0) is 55.5 Å². The van der Waals surface area contributed by atoms with Gasteiger partial charge in [-0.3, -0.25) is 4.79 Å². The highest BCUT2D eigenvalue weighted by Gasteiger charge is 2.26. The van der Waals surface area contributed by atoms with E-state index in [1.807, 2.05) is 49.4 Å². The van der Waals surface area contributed by atoms with E-state index in [-0.39, 0.29) is 12.0 Å². The number of carbonyl (C=O) groups is 1. The van der Waals surface area contributed by atoms with Crippen LogP contribution in [0.5, 0.6) is 0 Å². The summed E-state index contributed by atoms with van der Waals surface area (Å²) in [4.78, 5) is 36.3. The third kappa shape index (κ3) is 5.96. The van der Waals surface area contributed by atoms with Gasteiger partial charge in [-0.15, -0.1) is 0 Å². The fourth-order valence-electron chi connectivity index (χ4n) is 4.01. The minimum atomic E-state index is -0.334. The quantitative estimate of drug-likeness (QED) is 0.326. The minimum absolute atomic E-state index is 0.251. The molecule has 5 rings (SSSR count). The van der Waals surface area contributed by atoms with Crippen LogP contribution in [-0.2, 0) is 9.53 Å². The van der Waals surface area contributed by atoms with Gasteiger partial charge in [0, 0.05) is 49.1 Å². The number of methoxy groups -OCH3 is 1. The van der Waals surface area contributed by atoms with E-state index in [0.29, 0.717) is 42.2 Å². The predicted molar refractivity (Wildman–Crippen MR) is 141 cm³/mol. The van der Waals surface area contributed by atoms with Crippen LogP contribution in [0.15, 0.2) is 67.0 Å². The molecule has 3 N–H and O–H groups in total. The van der Waals surface area contributed by atoms with Gasteiger partial charge in [0.25, 0.3) is 0 Å². The minimum Gasteiger partial charge on any atom is -0.468 e. The Labute approximate surface area is 214 Å². The summed E-state index contributed by atoms with van der Waals surface area (Å²) in [7, 11) is 1.41. The number of carbonyl (C=O) groups excluding carboxylic acids is 1. The zero-order valence-electron chi connectivity index (χ0n) is 20.5. The molecule has 0 aliphatic carbocycles. The molecule has 37 heavy (non-hydrogen) atoms. The fourth-order valence-corrected chi connectivity index (χ4v) is 4.01. The van der Waals surface area contributed by atoms with E-state index in [9.17, 15) is 4.79 Å². The van der Waals surface area contributed by atoms with Crippen LogP contribution >= 0.6 is 0 Å². The molecule has 4 heterocycles. The summed E-state index contributed by atoms with van der Waals surface area (Å²) in [6, 6.07) is 16.9. The Hall–Kier alpha value is -4.64. The molecule has 4 aromatic rings. The van der Waals surface area contributed by atoms with Crippen LogP contribution in [0.3, 0.4) is 0 Å². The number of nitrogens with one attached hydrogen (secondary N) is 3. The molecule has 0 saturated carbocycles. The smallest absolute Gasteiger partial charge is 0.324 e. The van der Waals surface area contributed by atoms with E-state index in [1.165, 1.54) is 7.11 Å². The van der Waals surface area contributed by atoms with E-state index in [1.54, 1.807) is 24.5 Å². The maximum atomic E-state index is 11.9. The van der Waals surface area contributed by atoms with Gasteiger partial charge in [0.05, 0.1) is 7.11 Å². The zero-order valence-corrected chi connectivity index (χ0v) is 20.5. The number of rotatable bonds is 7. The predicted octanol–water partition coefficient (Wildman–Crippen LogP) is 3.08. The number of hydrogen-bond acceptors (Lipinski definition) is 11. The standard InChI is InChI=1S/C26H27N9O2/c1-17-4-3-5-20(30-17)24-28-12-10-22(33-24)32-23-11-13-29-26(34-23)31-18-6-8-19(9-7-18)35-15-14-27-21(16-35)25(36)37-2/h3-13,21,27H,14-16H2,1-2H3,(H2,28,29,31,32,33,34)/t21-/m1/s1. The number of piperazine rings is 1. The van der Waals surface area contributed by atoms with Crippen LogP contribution in [0.1, 0.15) is 5.69 Å². The van der Waals surface area contributed by atoms with Crippen LogP contribution in [0, 0.1) is 6.92 Å². The van der Waals surface area contributed by atoms with E-state index in [0.717, 1.165) is 23.6 Å². The Bertz CT molecular complexity index is 1380. The summed E-state index contributed by atoms with van der Waals surface area (Å²) >= 11 is 0. The number of aryl methyl sites for hydroxylation is 1. The van der Waals surface area contributed by atoms with E-state index < -0.39 is 0 Å². The number of ether oxygens (including phenoxy) is 1. The summed E-state index contributed by atoms with van der Waals surface area (Å²) in [5, 5.41) is 9.62.